The Balaban J connectivity index is 1.48. The van der Waals surface area contributed by atoms with Crippen molar-refractivity contribution in [3.05, 3.63) is 102 Å². The molecule has 0 unspecified atom stereocenters. The van der Waals surface area contributed by atoms with Gasteiger partial charge in [-0.05, 0) is 59.0 Å². The van der Waals surface area contributed by atoms with E-state index in [4.69, 9.17) is 0 Å². The van der Waals surface area contributed by atoms with Gasteiger partial charge in [-0.25, -0.2) is 0 Å². The fraction of sp³-hybridized carbons (Fsp3) is 0.138. The summed E-state index contributed by atoms with van der Waals surface area (Å²) in [5, 5.41) is 3.19. The van der Waals surface area contributed by atoms with E-state index < -0.39 is 31.9 Å². The second-order valence-corrected chi connectivity index (χ2v) is 15.8. The molecule has 5 aromatic rings. The van der Waals surface area contributed by atoms with E-state index in [1.807, 2.05) is 55.5 Å². The first kappa shape index (κ1) is 29.8. The van der Waals surface area contributed by atoms with Crippen molar-refractivity contribution in [2.24, 2.45) is 0 Å². The van der Waals surface area contributed by atoms with E-state index in [9.17, 15) is 30.7 Å². The molecule has 3 heterocycles. The monoisotopic (exact) mass is 672 g/mol. The number of anilines is 1. The SMILES string of the molecule is CCn1c(=Cc2sc3ccccc3c2CS(=O)(=O)O)s/c(=C/C=C2\Sc3c(ccc4ccccc34)N2CS(=O)(=O)O)c1=O. The van der Waals surface area contributed by atoms with Gasteiger partial charge in [0.1, 0.15) is 5.75 Å². The van der Waals surface area contributed by atoms with Gasteiger partial charge in [-0.1, -0.05) is 60.3 Å². The number of fused-ring (bicyclic) bond motifs is 4. The molecule has 3 aromatic carbocycles. The summed E-state index contributed by atoms with van der Waals surface area (Å²) < 4.78 is 70.3. The minimum Gasteiger partial charge on any atom is -0.317 e. The second kappa shape index (κ2) is 11.4. The maximum absolute atomic E-state index is 13.4. The normalized spacial score (nSPS) is 15.8. The van der Waals surface area contributed by atoms with Gasteiger partial charge >= 0.3 is 0 Å². The van der Waals surface area contributed by atoms with Crippen LogP contribution in [0.25, 0.3) is 33.0 Å². The summed E-state index contributed by atoms with van der Waals surface area (Å²) in [7, 11) is -8.67. The zero-order valence-corrected chi connectivity index (χ0v) is 26.6. The van der Waals surface area contributed by atoms with Crippen LogP contribution in [0, 0.1) is 0 Å². The van der Waals surface area contributed by atoms with Gasteiger partial charge in [0.15, 0.2) is 5.88 Å². The fourth-order valence-electron chi connectivity index (χ4n) is 5.03. The molecule has 14 heteroatoms. The lowest BCUT2D eigenvalue weighted by atomic mass is 10.1. The number of nitrogens with zero attached hydrogens (tertiary/aromatic N) is 2. The zero-order valence-electron chi connectivity index (χ0n) is 22.5. The van der Waals surface area contributed by atoms with E-state index in [1.165, 1.54) is 39.3 Å². The Bertz CT molecular complexity index is 2350. The number of hydrogen-bond acceptors (Lipinski definition) is 9. The maximum atomic E-state index is 13.4. The molecule has 0 saturated carbocycles. The molecule has 9 nitrogen and oxygen atoms in total. The van der Waals surface area contributed by atoms with Crippen molar-refractivity contribution in [2.45, 2.75) is 24.1 Å². The lowest BCUT2D eigenvalue weighted by molar-refractivity contribution is 0.480. The Morgan fingerprint density at radius 2 is 1.58 bits per heavy atom. The zero-order chi connectivity index (χ0) is 30.5. The van der Waals surface area contributed by atoms with Crippen molar-refractivity contribution in [1.29, 1.82) is 0 Å². The average Bonchev–Trinajstić information content (AvgIpc) is 3.57. The summed E-state index contributed by atoms with van der Waals surface area (Å²) in [6, 6.07) is 18.8. The van der Waals surface area contributed by atoms with E-state index in [2.05, 4.69) is 0 Å². The molecule has 1 aliphatic heterocycles. The third kappa shape index (κ3) is 6.09. The first-order valence-corrected chi connectivity index (χ1v) is 18.6. The fourth-order valence-corrected chi connectivity index (χ4v) is 9.97. The highest BCUT2D eigenvalue weighted by Crippen LogP contribution is 2.49. The van der Waals surface area contributed by atoms with Crippen LogP contribution in [0.3, 0.4) is 0 Å². The lowest BCUT2D eigenvalue weighted by Crippen LogP contribution is -2.30. The summed E-state index contributed by atoms with van der Waals surface area (Å²) in [6.07, 6.45) is 5.07. The number of benzene rings is 3. The molecule has 0 aliphatic carbocycles. The number of rotatable bonds is 7. The quantitative estimate of drug-likeness (QED) is 0.238. The Kier molecular flexibility index (Phi) is 7.87. The Labute approximate surface area is 259 Å². The smallest absolute Gasteiger partial charge is 0.283 e. The Hall–Kier alpha value is -3.24. The molecule has 0 saturated heterocycles. The molecule has 2 aromatic heterocycles. The van der Waals surface area contributed by atoms with E-state index in [0.717, 1.165) is 25.8 Å². The molecule has 0 bridgehead atoms. The van der Waals surface area contributed by atoms with E-state index >= 15 is 0 Å². The van der Waals surface area contributed by atoms with Crippen LogP contribution < -0.4 is 19.7 Å². The summed E-state index contributed by atoms with van der Waals surface area (Å²) in [6.45, 7) is 2.20. The van der Waals surface area contributed by atoms with Gasteiger partial charge in [0.2, 0.25) is 0 Å². The summed E-state index contributed by atoms with van der Waals surface area (Å²) >= 11 is 3.95. The third-order valence-corrected chi connectivity index (χ3v) is 11.5. The van der Waals surface area contributed by atoms with Crippen molar-refractivity contribution >= 4 is 93.4 Å². The van der Waals surface area contributed by atoms with Crippen molar-refractivity contribution in [1.82, 2.24) is 4.57 Å². The number of hydrogen-bond donors (Lipinski definition) is 2. The molecule has 0 spiro atoms. The molecule has 2 N–H and O–H groups in total. The van der Waals surface area contributed by atoms with Crippen molar-refractivity contribution in [2.75, 3.05) is 10.8 Å². The lowest BCUT2D eigenvalue weighted by Gasteiger charge is -2.18. The minimum atomic E-state index is -4.37. The standard InChI is InChI=1S/C29H24N2O7S5/c1-2-30-27(15-25-21(16-42(33,34)35)20-9-5-6-10-23(20)39-25)40-24(29(30)32)13-14-26-31(17-43(36,37)38)22-12-11-18-7-3-4-8-19(18)28(22)41-26/h3-15H,2,16-17H2,1H3,(H,33,34,35)(H,36,37,38)/b24-13+,26-14-,27-15?. The predicted molar refractivity (Wildman–Crippen MR) is 175 cm³/mol. The first-order chi connectivity index (χ1) is 20.4. The van der Waals surface area contributed by atoms with Crippen LogP contribution in [0.5, 0.6) is 0 Å². The van der Waals surface area contributed by atoms with Crippen molar-refractivity contribution in [3.8, 4) is 0 Å². The van der Waals surface area contributed by atoms with Gasteiger partial charge in [0.25, 0.3) is 25.8 Å². The van der Waals surface area contributed by atoms with Crippen LogP contribution >= 0.6 is 34.4 Å². The first-order valence-electron chi connectivity index (χ1n) is 12.9. The predicted octanol–water partition coefficient (Wildman–Crippen LogP) is 4.59. The summed E-state index contributed by atoms with van der Waals surface area (Å²) in [4.78, 5) is 16.4. The topological polar surface area (TPSA) is 134 Å². The van der Waals surface area contributed by atoms with Gasteiger partial charge < -0.3 is 4.90 Å². The summed E-state index contributed by atoms with van der Waals surface area (Å²) in [5.74, 6) is -1.19. The molecule has 0 fully saturated rings. The van der Waals surface area contributed by atoms with Crippen molar-refractivity contribution < 1.29 is 25.9 Å². The maximum Gasteiger partial charge on any atom is 0.283 e. The van der Waals surface area contributed by atoms with E-state index in [1.54, 1.807) is 34.9 Å². The Morgan fingerprint density at radius 1 is 0.860 bits per heavy atom. The van der Waals surface area contributed by atoms with Crippen LogP contribution in [0.4, 0.5) is 5.69 Å². The van der Waals surface area contributed by atoms with Gasteiger partial charge in [0.05, 0.1) is 19.9 Å². The molecule has 6 rings (SSSR count). The molecular formula is C29H24N2O7S5. The number of thiazole rings is 1. The minimum absolute atomic E-state index is 0.250. The van der Waals surface area contributed by atoms with Crippen LogP contribution in [0.15, 0.2) is 81.5 Å². The van der Waals surface area contributed by atoms with Crippen LogP contribution in [0.1, 0.15) is 17.4 Å². The highest BCUT2D eigenvalue weighted by Gasteiger charge is 2.29. The number of thiophene rings is 1. The molecule has 222 valence electrons. The van der Waals surface area contributed by atoms with Gasteiger partial charge in [-0.2, -0.15) is 16.8 Å². The largest absolute Gasteiger partial charge is 0.317 e. The molecule has 0 atom stereocenters. The molecule has 1 aliphatic rings. The highest BCUT2D eigenvalue weighted by atomic mass is 32.2. The number of aromatic nitrogens is 1. The molecule has 0 amide bonds. The van der Waals surface area contributed by atoms with E-state index in [-0.39, 0.29) is 5.56 Å². The van der Waals surface area contributed by atoms with Gasteiger partial charge in [-0.15, -0.1) is 22.7 Å². The average molecular weight is 673 g/mol. The highest BCUT2D eigenvalue weighted by molar-refractivity contribution is 8.04. The summed E-state index contributed by atoms with van der Waals surface area (Å²) in [5.41, 5.74) is 0.857. The molecular weight excluding hydrogens is 649 g/mol. The number of allylic oxidation sites excluding steroid dienone is 1. The van der Waals surface area contributed by atoms with E-state index in [0.29, 0.717) is 36.9 Å². The third-order valence-electron chi connectivity index (χ3n) is 6.86. The van der Waals surface area contributed by atoms with Crippen LogP contribution in [-0.2, 0) is 32.5 Å². The van der Waals surface area contributed by atoms with Crippen LogP contribution in [0.2, 0.25) is 0 Å². The Morgan fingerprint density at radius 3 is 2.30 bits per heavy atom. The number of thioether (sulfide) groups is 1. The van der Waals surface area contributed by atoms with Crippen molar-refractivity contribution in [3.63, 3.8) is 0 Å². The second-order valence-electron chi connectivity index (χ2n) is 9.71. The van der Waals surface area contributed by atoms with Gasteiger partial charge in [-0.3, -0.25) is 18.5 Å². The molecule has 43 heavy (non-hydrogen) atoms. The molecule has 0 radical (unpaired) electrons. The van der Waals surface area contributed by atoms with Crippen LogP contribution in [-0.4, -0.2) is 36.4 Å². The van der Waals surface area contributed by atoms with Gasteiger partial charge in [0, 0.05) is 21.0 Å².